The molecule has 1 saturated heterocycles. The predicted molar refractivity (Wildman–Crippen MR) is 109 cm³/mol. The maximum absolute atomic E-state index is 15.1. The fourth-order valence-corrected chi connectivity index (χ4v) is 4.22. The van der Waals surface area contributed by atoms with E-state index in [1.165, 1.54) is 12.3 Å². The van der Waals surface area contributed by atoms with Gasteiger partial charge in [-0.3, -0.25) is 4.79 Å². The zero-order valence-corrected chi connectivity index (χ0v) is 16.8. The Balaban J connectivity index is 0.00000225. The van der Waals surface area contributed by atoms with Crippen LogP contribution in [0.15, 0.2) is 17.1 Å². The number of rotatable bonds is 3. The Morgan fingerprint density at radius 2 is 2.00 bits per heavy atom. The highest BCUT2D eigenvalue weighted by molar-refractivity contribution is 5.95. The Bertz CT molecular complexity index is 1000. The number of hydrogen-bond donors (Lipinski definition) is 2. The maximum atomic E-state index is 15.1. The minimum atomic E-state index is -1.28. The topological polar surface area (TPSA) is 88.6 Å². The number of aromatic carboxylic acids is 1. The lowest BCUT2D eigenvalue weighted by Gasteiger charge is -2.37. The number of carboxylic acids is 1. The highest BCUT2D eigenvalue weighted by Gasteiger charge is 2.31. The molecule has 4 rings (SSSR count). The molecule has 28 heavy (non-hydrogen) atoms. The zero-order chi connectivity index (χ0) is 19.5. The summed E-state index contributed by atoms with van der Waals surface area (Å²) in [5.74, 6) is -1.52. The van der Waals surface area contributed by atoms with Crippen LogP contribution in [0.3, 0.4) is 0 Å². The maximum Gasteiger partial charge on any atom is 0.341 e. The van der Waals surface area contributed by atoms with E-state index in [0.717, 1.165) is 19.3 Å². The lowest BCUT2D eigenvalue weighted by Crippen LogP contribution is -2.46. The molecule has 8 heteroatoms. The second-order valence-electron chi connectivity index (χ2n) is 7.92. The third-order valence-electron chi connectivity index (χ3n) is 5.94. The minimum Gasteiger partial charge on any atom is -0.477 e. The van der Waals surface area contributed by atoms with Gasteiger partial charge < -0.3 is 20.3 Å². The standard InChI is InChI=1S/C20H24FN3O3.ClH/c1-10-8-23(6-5-16(10)22)18-11(2)17-13(7-15(18)21)19(25)14(20(26)27)9-24(17)12-3-4-12;/h7,9-10,12,16H,3-6,8,22H2,1-2H3,(H,26,27);1H/t10-,16-;/m0./s1. The number of pyridine rings is 1. The van der Waals surface area contributed by atoms with Crippen LogP contribution in [0.25, 0.3) is 10.9 Å². The smallest absolute Gasteiger partial charge is 0.341 e. The van der Waals surface area contributed by atoms with Gasteiger partial charge in [-0.25, -0.2) is 9.18 Å². The third kappa shape index (κ3) is 3.26. The molecule has 2 aromatic rings. The van der Waals surface area contributed by atoms with Crippen LogP contribution >= 0.6 is 12.4 Å². The van der Waals surface area contributed by atoms with Crippen molar-refractivity contribution in [1.82, 2.24) is 4.57 Å². The summed E-state index contributed by atoms with van der Waals surface area (Å²) in [7, 11) is 0. The number of benzene rings is 1. The number of carboxylic acid groups (broad SMARTS) is 1. The largest absolute Gasteiger partial charge is 0.477 e. The number of hydrogen-bond acceptors (Lipinski definition) is 4. The molecule has 2 heterocycles. The van der Waals surface area contributed by atoms with E-state index in [1.807, 2.05) is 16.4 Å². The second kappa shape index (κ2) is 7.37. The summed E-state index contributed by atoms with van der Waals surface area (Å²) in [6.07, 6.45) is 4.07. The van der Waals surface area contributed by atoms with Crippen LogP contribution in [0.5, 0.6) is 0 Å². The lowest BCUT2D eigenvalue weighted by molar-refractivity contribution is 0.0695. The SMILES string of the molecule is Cc1c(N2CC[C@H](N)[C@@H](C)C2)c(F)cc2c(=O)c(C(=O)O)cn(C3CC3)c12.Cl. The number of carbonyl (C=O) groups is 1. The number of halogens is 2. The summed E-state index contributed by atoms with van der Waals surface area (Å²) in [6, 6.07) is 1.48. The number of aromatic nitrogens is 1. The molecule has 6 nitrogen and oxygen atoms in total. The van der Waals surface area contributed by atoms with E-state index < -0.39 is 17.2 Å². The fourth-order valence-electron chi connectivity index (χ4n) is 4.22. The van der Waals surface area contributed by atoms with Gasteiger partial charge in [0.2, 0.25) is 5.43 Å². The van der Waals surface area contributed by atoms with Crippen molar-refractivity contribution >= 4 is 35.0 Å². The van der Waals surface area contributed by atoms with Gasteiger partial charge in [0.25, 0.3) is 0 Å². The van der Waals surface area contributed by atoms with Gasteiger partial charge in [-0.2, -0.15) is 0 Å². The van der Waals surface area contributed by atoms with Crippen LogP contribution in [0, 0.1) is 18.7 Å². The number of aryl methyl sites for hydroxylation is 1. The Kier molecular flexibility index (Phi) is 5.42. The molecule has 0 radical (unpaired) electrons. The molecule has 0 unspecified atom stereocenters. The quantitative estimate of drug-likeness (QED) is 0.813. The Morgan fingerprint density at radius 1 is 1.32 bits per heavy atom. The molecule has 1 aromatic heterocycles. The number of fused-ring (bicyclic) bond motifs is 1. The Hall–Kier alpha value is -2.12. The first-order valence-corrected chi connectivity index (χ1v) is 9.41. The molecule has 0 spiro atoms. The van der Waals surface area contributed by atoms with E-state index in [0.29, 0.717) is 29.9 Å². The van der Waals surface area contributed by atoms with Crippen LogP contribution in [0.1, 0.15) is 48.1 Å². The van der Waals surface area contributed by atoms with Crippen molar-refractivity contribution in [3.8, 4) is 0 Å². The highest BCUT2D eigenvalue weighted by Crippen LogP contribution is 2.40. The van der Waals surface area contributed by atoms with Crippen LogP contribution < -0.4 is 16.1 Å². The van der Waals surface area contributed by atoms with Gasteiger partial charge in [-0.05, 0) is 43.7 Å². The van der Waals surface area contributed by atoms with Gasteiger partial charge in [-0.15, -0.1) is 12.4 Å². The molecular weight excluding hydrogens is 385 g/mol. The van der Waals surface area contributed by atoms with Crippen LogP contribution in [0.4, 0.5) is 10.1 Å². The molecule has 3 N–H and O–H groups in total. The van der Waals surface area contributed by atoms with Crippen molar-refractivity contribution in [3.05, 3.63) is 39.4 Å². The summed E-state index contributed by atoms with van der Waals surface area (Å²) in [6.45, 7) is 5.20. The van der Waals surface area contributed by atoms with E-state index in [-0.39, 0.29) is 41.4 Å². The summed E-state index contributed by atoms with van der Waals surface area (Å²) in [5.41, 5.74) is 7.00. The van der Waals surface area contributed by atoms with Crippen molar-refractivity contribution in [2.75, 3.05) is 18.0 Å². The molecule has 152 valence electrons. The van der Waals surface area contributed by atoms with Crippen LogP contribution in [-0.4, -0.2) is 34.8 Å². The first-order valence-electron chi connectivity index (χ1n) is 9.41. The summed E-state index contributed by atoms with van der Waals surface area (Å²) >= 11 is 0. The zero-order valence-electron chi connectivity index (χ0n) is 15.9. The van der Waals surface area contributed by atoms with Gasteiger partial charge in [-0.1, -0.05) is 6.92 Å². The number of nitrogens with two attached hydrogens (primary N) is 1. The van der Waals surface area contributed by atoms with Crippen molar-refractivity contribution in [2.24, 2.45) is 11.7 Å². The van der Waals surface area contributed by atoms with Crippen molar-refractivity contribution in [3.63, 3.8) is 0 Å². The van der Waals surface area contributed by atoms with E-state index in [4.69, 9.17) is 5.73 Å². The van der Waals surface area contributed by atoms with Gasteiger partial charge in [0, 0.05) is 36.8 Å². The number of anilines is 1. The van der Waals surface area contributed by atoms with Crippen molar-refractivity contribution < 1.29 is 14.3 Å². The average Bonchev–Trinajstić information content (AvgIpc) is 3.43. The van der Waals surface area contributed by atoms with Gasteiger partial charge in [0.15, 0.2) is 0 Å². The molecule has 0 bridgehead atoms. The summed E-state index contributed by atoms with van der Waals surface area (Å²) in [5, 5.41) is 9.52. The average molecular weight is 410 g/mol. The third-order valence-corrected chi connectivity index (χ3v) is 5.94. The minimum absolute atomic E-state index is 0. The van der Waals surface area contributed by atoms with Crippen LogP contribution in [0.2, 0.25) is 0 Å². The monoisotopic (exact) mass is 409 g/mol. The van der Waals surface area contributed by atoms with E-state index >= 15 is 4.39 Å². The molecule has 0 amide bonds. The second-order valence-corrected chi connectivity index (χ2v) is 7.92. The van der Waals surface area contributed by atoms with Crippen LogP contribution in [-0.2, 0) is 0 Å². The predicted octanol–water partition coefficient (Wildman–Crippen LogP) is 3.08. The van der Waals surface area contributed by atoms with Gasteiger partial charge in [0.1, 0.15) is 11.4 Å². The van der Waals surface area contributed by atoms with E-state index in [9.17, 15) is 14.7 Å². The summed E-state index contributed by atoms with van der Waals surface area (Å²) in [4.78, 5) is 26.2. The van der Waals surface area contributed by atoms with Gasteiger partial charge in [0.05, 0.1) is 11.2 Å². The molecule has 1 aliphatic heterocycles. The normalized spacial score (nSPS) is 22.2. The molecule has 1 saturated carbocycles. The lowest BCUT2D eigenvalue weighted by atomic mass is 9.93. The number of piperidine rings is 1. The van der Waals surface area contributed by atoms with Crippen molar-refractivity contribution in [2.45, 2.75) is 45.2 Å². The summed E-state index contributed by atoms with van der Waals surface area (Å²) < 4.78 is 16.9. The fraction of sp³-hybridized carbons (Fsp3) is 0.500. The Labute approximate surface area is 168 Å². The molecule has 2 fully saturated rings. The van der Waals surface area contributed by atoms with Crippen molar-refractivity contribution in [1.29, 1.82) is 0 Å². The molecule has 1 aliphatic carbocycles. The van der Waals surface area contributed by atoms with Gasteiger partial charge >= 0.3 is 5.97 Å². The molecule has 1 aromatic carbocycles. The molecular formula is C20H25ClFN3O3. The Morgan fingerprint density at radius 3 is 2.57 bits per heavy atom. The first-order chi connectivity index (χ1) is 12.8. The van der Waals surface area contributed by atoms with E-state index in [1.54, 1.807) is 0 Å². The number of nitrogens with zero attached hydrogens (tertiary/aromatic N) is 2. The highest BCUT2D eigenvalue weighted by atomic mass is 35.5. The molecule has 2 atom stereocenters. The first kappa shape index (κ1) is 20.6. The van der Waals surface area contributed by atoms with E-state index in [2.05, 4.69) is 6.92 Å². The molecule has 2 aliphatic rings.